The van der Waals surface area contributed by atoms with Crippen LogP contribution in [0.25, 0.3) is 0 Å². The number of nitrogens with zero attached hydrogens (tertiary/aromatic N) is 1. The van der Waals surface area contributed by atoms with Crippen molar-refractivity contribution < 1.29 is 9.90 Å². The van der Waals surface area contributed by atoms with Gasteiger partial charge in [0.2, 0.25) is 5.91 Å². The Hall–Kier alpha value is -0.610. The summed E-state index contributed by atoms with van der Waals surface area (Å²) in [6, 6.07) is 0. The first-order valence-electron chi connectivity index (χ1n) is 6.70. The molecule has 0 aromatic rings. The van der Waals surface area contributed by atoms with Crippen molar-refractivity contribution in [3.8, 4) is 0 Å². The van der Waals surface area contributed by atoms with Crippen molar-refractivity contribution in [3.63, 3.8) is 0 Å². The van der Waals surface area contributed by atoms with Crippen LogP contribution in [-0.4, -0.2) is 48.2 Å². The summed E-state index contributed by atoms with van der Waals surface area (Å²) < 4.78 is 0. The second-order valence-corrected chi connectivity index (χ2v) is 5.96. The van der Waals surface area contributed by atoms with Crippen molar-refractivity contribution in [2.75, 3.05) is 26.2 Å². The third kappa shape index (κ3) is 2.63. The molecule has 17 heavy (non-hydrogen) atoms. The van der Waals surface area contributed by atoms with E-state index in [0.29, 0.717) is 19.0 Å². The lowest BCUT2D eigenvalue weighted by molar-refractivity contribution is -0.143. The first-order chi connectivity index (χ1) is 8.01. The lowest BCUT2D eigenvalue weighted by Gasteiger charge is -2.38. The van der Waals surface area contributed by atoms with Gasteiger partial charge >= 0.3 is 0 Å². The molecule has 0 aromatic carbocycles. The maximum Gasteiger partial charge on any atom is 0.228 e. The normalized spacial score (nSPS) is 30.6. The standard InChI is InChI=1S/C13H24N2O2/c1-13(2,10-4-3-6-14-8-10)12(17)15-7-5-11(16)9-15/h10-11,14,16H,3-9H2,1-2H3/t10?,11-/m0/s1. The van der Waals surface area contributed by atoms with Gasteiger partial charge in [0.05, 0.1) is 6.10 Å². The average Bonchev–Trinajstić information content (AvgIpc) is 2.76. The molecule has 0 spiro atoms. The van der Waals surface area contributed by atoms with Gasteiger partial charge in [0, 0.05) is 18.5 Å². The van der Waals surface area contributed by atoms with E-state index in [1.165, 1.54) is 0 Å². The summed E-state index contributed by atoms with van der Waals surface area (Å²) in [5, 5.41) is 12.9. The predicted octanol–water partition coefficient (Wildman–Crippen LogP) is 0.605. The van der Waals surface area contributed by atoms with Gasteiger partial charge in [-0.25, -0.2) is 0 Å². The average molecular weight is 240 g/mol. The van der Waals surface area contributed by atoms with E-state index in [2.05, 4.69) is 19.2 Å². The van der Waals surface area contributed by atoms with Gasteiger partial charge in [-0.05, 0) is 38.3 Å². The molecule has 98 valence electrons. The van der Waals surface area contributed by atoms with E-state index in [4.69, 9.17) is 0 Å². The highest BCUT2D eigenvalue weighted by Crippen LogP contribution is 2.34. The summed E-state index contributed by atoms with van der Waals surface area (Å²) in [7, 11) is 0. The molecular formula is C13H24N2O2. The van der Waals surface area contributed by atoms with Crippen molar-refractivity contribution in [3.05, 3.63) is 0 Å². The summed E-state index contributed by atoms with van der Waals surface area (Å²) in [6.45, 7) is 7.35. The molecule has 2 rings (SSSR count). The molecular weight excluding hydrogens is 216 g/mol. The van der Waals surface area contributed by atoms with E-state index in [0.717, 1.165) is 32.4 Å². The topological polar surface area (TPSA) is 52.6 Å². The summed E-state index contributed by atoms with van der Waals surface area (Å²) in [6.07, 6.45) is 2.69. The Kier molecular flexibility index (Phi) is 3.73. The maximum atomic E-state index is 12.5. The zero-order valence-electron chi connectivity index (χ0n) is 10.9. The predicted molar refractivity (Wildman–Crippen MR) is 66.6 cm³/mol. The Morgan fingerprint density at radius 2 is 2.18 bits per heavy atom. The molecule has 2 fully saturated rings. The fourth-order valence-corrected chi connectivity index (χ4v) is 2.98. The number of rotatable bonds is 2. The van der Waals surface area contributed by atoms with E-state index in [-0.39, 0.29) is 17.4 Å². The van der Waals surface area contributed by atoms with Crippen LogP contribution in [0.3, 0.4) is 0 Å². The van der Waals surface area contributed by atoms with Gasteiger partial charge in [-0.2, -0.15) is 0 Å². The Bertz CT molecular complexity index is 285. The fraction of sp³-hybridized carbons (Fsp3) is 0.923. The molecule has 2 aliphatic heterocycles. The quantitative estimate of drug-likeness (QED) is 0.743. The Morgan fingerprint density at radius 1 is 1.41 bits per heavy atom. The van der Waals surface area contributed by atoms with Crippen LogP contribution in [0.1, 0.15) is 33.1 Å². The van der Waals surface area contributed by atoms with Gasteiger partial charge in [-0.3, -0.25) is 4.79 Å². The number of hydrogen-bond acceptors (Lipinski definition) is 3. The van der Waals surface area contributed by atoms with Crippen molar-refractivity contribution >= 4 is 5.91 Å². The van der Waals surface area contributed by atoms with Crippen molar-refractivity contribution in [1.82, 2.24) is 10.2 Å². The van der Waals surface area contributed by atoms with E-state index in [1.54, 1.807) is 0 Å². The minimum absolute atomic E-state index is 0.211. The number of amides is 1. The van der Waals surface area contributed by atoms with E-state index < -0.39 is 0 Å². The number of piperidine rings is 1. The summed E-state index contributed by atoms with van der Waals surface area (Å²) in [5.41, 5.74) is -0.308. The monoisotopic (exact) mass is 240 g/mol. The lowest BCUT2D eigenvalue weighted by Crippen LogP contribution is -2.48. The van der Waals surface area contributed by atoms with Gasteiger partial charge in [0.25, 0.3) is 0 Å². The smallest absolute Gasteiger partial charge is 0.228 e. The maximum absolute atomic E-state index is 12.5. The van der Waals surface area contributed by atoms with Crippen molar-refractivity contribution in [2.45, 2.75) is 39.2 Å². The fourth-order valence-electron chi connectivity index (χ4n) is 2.98. The van der Waals surface area contributed by atoms with Gasteiger partial charge in [-0.15, -0.1) is 0 Å². The van der Waals surface area contributed by atoms with Crippen LogP contribution in [0.2, 0.25) is 0 Å². The Labute approximate surface area is 103 Å². The van der Waals surface area contributed by atoms with Crippen LogP contribution in [-0.2, 0) is 4.79 Å². The molecule has 0 radical (unpaired) electrons. The van der Waals surface area contributed by atoms with Crippen LogP contribution in [0.5, 0.6) is 0 Å². The highest BCUT2D eigenvalue weighted by atomic mass is 16.3. The molecule has 0 aliphatic carbocycles. The molecule has 1 amide bonds. The van der Waals surface area contributed by atoms with Crippen molar-refractivity contribution in [1.29, 1.82) is 0 Å². The molecule has 1 unspecified atom stereocenters. The molecule has 2 saturated heterocycles. The highest BCUT2D eigenvalue weighted by molar-refractivity contribution is 5.82. The number of aliphatic hydroxyl groups excluding tert-OH is 1. The zero-order valence-corrected chi connectivity index (χ0v) is 10.9. The number of carbonyl (C=O) groups is 1. The SMILES string of the molecule is CC(C)(C(=O)N1CC[C@H](O)C1)C1CCCNC1. The van der Waals surface area contributed by atoms with Gasteiger partial charge in [0.1, 0.15) is 0 Å². The molecule has 2 atom stereocenters. The summed E-state index contributed by atoms with van der Waals surface area (Å²) in [5.74, 6) is 0.629. The van der Waals surface area contributed by atoms with Crippen molar-refractivity contribution in [2.24, 2.45) is 11.3 Å². The number of likely N-dealkylation sites (tertiary alicyclic amines) is 1. The van der Waals surface area contributed by atoms with Gasteiger partial charge in [0.15, 0.2) is 0 Å². The molecule has 2 N–H and O–H groups in total. The third-order valence-electron chi connectivity index (χ3n) is 4.32. The van der Waals surface area contributed by atoms with Crippen LogP contribution in [0, 0.1) is 11.3 Å². The second-order valence-electron chi connectivity index (χ2n) is 5.96. The van der Waals surface area contributed by atoms with E-state index >= 15 is 0 Å². The number of hydrogen-bond donors (Lipinski definition) is 2. The number of nitrogens with one attached hydrogen (secondary N) is 1. The number of β-amino-alcohol motifs (C(OH)–C–C–N with tert-alkyl or cyclic N) is 1. The first-order valence-corrected chi connectivity index (χ1v) is 6.70. The molecule has 2 aliphatic rings. The summed E-state index contributed by atoms with van der Waals surface area (Å²) in [4.78, 5) is 14.3. The number of carbonyl (C=O) groups excluding carboxylic acids is 1. The highest BCUT2D eigenvalue weighted by Gasteiger charge is 2.41. The molecule has 4 nitrogen and oxygen atoms in total. The largest absolute Gasteiger partial charge is 0.391 e. The minimum atomic E-state index is -0.320. The van der Waals surface area contributed by atoms with E-state index in [1.807, 2.05) is 4.90 Å². The van der Waals surface area contributed by atoms with Gasteiger partial charge in [-0.1, -0.05) is 13.8 Å². The summed E-state index contributed by atoms with van der Waals surface area (Å²) >= 11 is 0. The van der Waals surface area contributed by atoms with Crippen LogP contribution in [0.4, 0.5) is 0 Å². The molecule has 0 aromatic heterocycles. The lowest BCUT2D eigenvalue weighted by atomic mass is 9.74. The molecule has 2 heterocycles. The second kappa shape index (κ2) is 4.94. The number of aliphatic hydroxyl groups is 1. The van der Waals surface area contributed by atoms with Gasteiger partial charge < -0.3 is 15.3 Å². The Morgan fingerprint density at radius 3 is 2.71 bits per heavy atom. The molecule has 0 bridgehead atoms. The van der Waals surface area contributed by atoms with Crippen LogP contribution < -0.4 is 5.32 Å². The van der Waals surface area contributed by atoms with E-state index in [9.17, 15) is 9.90 Å². The Balaban J connectivity index is 2.00. The molecule has 0 saturated carbocycles. The third-order valence-corrected chi connectivity index (χ3v) is 4.32. The van der Waals surface area contributed by atoms with Crippen LogP contribution in [0.15, 0.2) is 0 Å². The zero-order chi connectivity index (χ0) is 12.5. The minimum Gasteiger partial charge on any atom is -0.391 e. The van der Waals surface area contributed by atoms with Crippen LogP contribution >= 0.6 is 0 Å². The first kappa shape index (κ1) is 12.8. The molecule has 4 heteroatoms.